The zero-order valence-corrected chi connectivity index (χ0v) is 9.31. The second kappa shape index (κ2) is 3.96. The molecule has 78 valence electrons. The predicted molar refractivity (Wildman–Crippen MR) is 57.0 cm³/mol. The lowest BCUT2D eigenvalue weighted by Gasteiger charge is -2.18. The van der Waals surface area contributed by atoms with Gasteiger partial charge >= 0.3 is 5.97 Å². The van der Waals surface area contributed by atoms with Crippen LogP contribution in [0.4, 0.5) is 5.00 Å². The number of carboxylic acids is 1. The van der Waals surface area contributed by atoms with Crippen molar-refractivity contribution in [2.75, 3.05) is 11.9 Å². The summed E-state index contributed by atoms with van der Waals surface area (Å²) >= 11 is 1.32. The summed E-state index contributed by atoms with van der Waals surface area (Å²) in [6, 6.07) is 0. The highest BCUT2D eigenvalue weighted by Gasteiger charge is 2.16. The number of thiazole rings is 1. The number of aromatic nitrogens is 1. The summed E-state index contributed by atoms with van der Waals surface area (Å²) in [5.74, 6) is -0.984. The van der Waals surface area contributed by atoms with E-state index < -0.39 is 5.97 Å². The van der Waals surface area contributed by atoms with Crippen molar-refractivity contribution in [2.24, 2.45) is 5.41 Å². The van der Waals surface area contributed by atoms with Crippen LogP contribution in [0.15, 0.2) is 5.51 Å². The maximum Gasteiger partial charge on any atom is 0.357 e. The van der Waals surface area contributed by atoms with E-state index in [2.05, 4.69) is 31.1 Å². The Morgan fingerprint density at radius 3 is 2.79 bits per heavy atom. The second-order valence-corrected chi connectivity index (χ2v) is 5.10. The molecule has 2 N–H and O–H groups in total. The summed E-state index contributed by atoms with van der Waals surface area (Å²) in [5, 5.41) is 12.5. The van der Waals surface area contributed by atoms with E-state index in [0.717, 1.165) is 6.54 Å². The van der Waals surface area contributed by atoms with Gasteiger partial charge in [0.1, 0.15) is 5.00 Å². The summed E-state index contributed by atoms with van der Waals surface area (Å²) < 4.78 is 0. The average molecular weight is 214 g/mol. The Morgan fingerprint density at radius 2 is 2.29 bits per heavy atom. The van der Waals surface area contributed by atoms with Crippen molar-refractivity contribution in [3.05, 3.63) is 11.2 Å². The lowest BCUT2D eigenvalue weighted by Crippen LogP contribution is -2.19. The van der Waals surface area contributed by atoms with E-state index in [1.165, 1.54) is 16.8 Å². The minimum atomic E-state index is -0.984. The van der Waals surface area contributed by atoms with Gasteiger partial charge in [-0.1, -0.05) is 20.8 Å². The van der Waals surface area contributed by atoms with Crippen molar-refractivity contribution in [1.82, 2.24) is 4.98 Å². The van der Waals surface area contributed by atoms with Crippen LogP contribution in [0.2, 0.25) is 0 Å². The Hall–Kier alpha value is -1.10. The molecule has 1 aromatic rings. The summed E-state index contributed by atoms with van der Waals surface area (Å²) in [7, 11) is 0. The first-order valence-electron chi connectivity index (χ1n) is 4.31. The van der Waals surface area contributed by atoms with E-state index in [9.17, 15) is 4.79 Å². The molecule has 0 fully saturated rings. The fourth-order valence-electron chi connectivity index (χ4n) is 0.869. The largest absolute Gasteiger partial charge is 0.476 e. The number of anilines is 1. The smallest absolute Gasteiger partial charge is 0.357 e. The maximum atomic E-state index is 10.7. The van der Waals surface area contributed by atoms with E-state index in [-0.39, 0.29) is 11.1 Å². The number of aromatic carboxylic acids is 1. The molecule has 0 bridgehead atoms. The molecule has 0 saturated heterocycles. The number of rotatable bonds is 3. The van der Waals surface area contributed by atoms with E-state index in [4.69, 9.17) is 5.11 Å². The second-order valence-electron chi connectivity index (χ2n) is 4.25. The van der Waals surface area contributed by atoms with Gasteiger partial charge in [-0.25, -0.2) is 9.78 Å². The van der Waals surface area contributed by atoms with Crippen LogP contribution >= 0.6 is 11.3 Å². The van der Waals surface area contributed by atoms with Crippen LogP contribution in [0.3, 0.4) is 0 Å². The van der Waals surface area contributed by atoms with Crippen LogP contribution in [-0.4, -0.2) is 22.6 Å². The van der Waals surface area contributed by atoms with Crippen molar-refractivity contribution in [3.63, 3.8) is 0 Å². The third kappa shape index (κ3) is 2.99. The number of hydrogen-bond donors (Lipinski definition) is 2. The first-order valence-corrected chi connectivity index (χ1v) is 5.19. The zero-order chi connectivity index (χ0) is 10.8. The average Bonchev–Trinajstić information content (AvgIpc) is 2.46. The van der Waals surface area contributed by atoms with Crippen molar-refractivity contribution in [1.29, 1.82) is 0 Å². The van der Waals surface area contributed by atoms with Crippen molar-refractivity contribution in [2.45, 2.75) is 20.8 Å². The van der Waals surface area contributed by atoms with Gasteiger partial charge in [-0.15, -0.1) is 11.3 Å². The van der Waals surface area contributed by atoms with E-state index in [1.54, 1.807) is 0 Å². The highest BCUT2D eigenvalue weighted by Crippen LogP contribution is 2.22. The highest BCUT2D eigenvalue weighted by atomic mass is 32.1. The Balaban J connectivity index is 2.68. The minimum Gasteiger partial charge on any atom is -0.476 e. The number of carboxylic acid groups (broad SMARTS) is 1. The number of hydrogen-bond acceptors (Lipinski definition) is 4. The first kappa shape index (κ1) is 11.0. The van der Waals surface area contributed by atoms with Crippen LogP contribution in [0.25, 0.3) is 0 Å². The molecule has 0 saturated carbocycles. The molecule has 0 radical (unpaired) electrons. The summed E-state index contributed by atoms with van der Waals surface area (Å²) in [6.45, 7) is 6.99. The molecule has 0 amide bonds. The number of nitrogens with zero attached hydrogens (tertiary/aromatic N) is 1. The molecule has 1 aromatic heterocycles. The fraction of sp³-hybridized carbons (Fsp3) is 0.556. The Labute approximate surface area is 87.0 Å². The maximum absolute atomic E-state index is 10.7. The van der Waals surface area contributed by atoms with Gasteiger partial charge in [0.2, 0.25) is 0 Å². The van der Waals surface area contributed by atoms with Crippen molar-refractivity contribution < 1.29 is 9.90 Å². The normalized spacial score (nSPS) is 11.4. The van der Waals surface area contributed by atoms with E-state index in [1.807, 2.05) is 0 Å². The predicted octanol–water partition coefficient (Wildman–Crippen LogP) is 2.30. The van der Waals surface area contributed by atoms with Crippen LogP contribution in [-0.2, 0) is 0 Å². The van der Waals surface area contributed by atoms with Gasteiger partial charge < -0.3 is 10.4 Å². The molecule has 0 unspecified atom stereocenters. The molecule has 14 heavy (non-hydrogen) atoms. The highest BCUT2D eigenvalue weighted by molar-refractivity contribution is 7.14. The topological polar surface area (TPSA) is 62.2 Å². The number of carbonyl (C=O) groups is 1. The van der Waals surface area contributed by atoms with Crippen LogP contribution in [0.5, 0.6) is 0 Å². The molecule has 1 heterocycles. The van der Waals surface area contributed by atoms with Gasteiger partial charge in [0.05, 0.1) is 5.51 Å². The molecule has 0 aliphatic rings. The van der Waals surface area contributed by atoms with Crippen molar-refractivity contribution >= 4 is 22.3 Å². The third-order valence-corrected chi connectivity index (χ3v) is 2.33. The lowest BCUT2D eigenvalue weighted by molar-refractivity contribution is 0.0692. The first-order chi connectivity index (χ1) is 6.40. The monoisotopic (exact) mass is 214 g/mol. The van der Waals surface area contributed by atoms with Crippen molar-refractivity contribution in [3.8, 4) is 0 Å². The lowest BCUT2D eigenvalue weighted by atomic mass is 9.97. The van der Waals surface area contributed by atoms with Gasteiger partial charge in [0, 0.05) is 6.54 Å². The number of nitrogens with one attached hydrogen (secondary N) is 1. The molecule has 0 aliphatic heterocycles. The SMILES string of the molecule is CC(C)(C)CNc1scnc1C(=O)O. The fourth-order valence-corrected chi connectivity index (χ4v) is 1.54. The molecule has 0 aliphatic carbocycles. The molecular weight excluding hydrogens is 200 g/mol. The molecule has 4 nitrogen and oxygen atoms in total. The molecular formula is C9H14N2O2S. The zero-order valence-electron chi connectivity index (χ0n) is 8.50. The standard InChI is InChI=1S/C9H14N2O2S/c1-9(2,3)4-10-7-6(8(12)13)11-5-14-7/h5,10H,4H2,1-3H3,(H,12,13). The van der Waals surface area contributed by atoms with E-state index >= 15 is 0 Å². The van der Waals surface area contributed by atoms with E-state index in [0.29, 0.717) is 5.00 Å². The summed E-state index contributed by atoms with van der Waals surface area (Å²) in [5.41, 5.74) is 1.77. The molecule has 1 rings (SSSR count). The Bertz CT molecular complexity index is 328. The molecule has 0 aromatic carbocycles. The van der Waals surface area contributed by atoms with Gasteiger partial charge in [-0.05, 0) is 5.41 Å². The Kier molecular flexibility index (Phi) is 3.10. The minimum absolute atomic E-state index is 0.110. The van der Waals surface area contributed by atoms with Gasteiger partial charge in [0.15, 0.2) is 5.69 Å². The summed E-state index contributed by atoms with van der Waals surface area (Å²) in [6.07, 6.45) is 0. The molecule has 0 spiro atoms. The van der Waals surface area contributed by atoms with Gasteiger partial charge in [0.25, 0.3) is 0 Å². The molecule has 0 atom stereocenters. The van der Waals surface area contributed by atoms with Crippen LogP contribution in [0.1, 0.15) is 31.3 Å². The van der Waals surface area contributed by atoms with Crippen LogP contribution in [0, 0.1) is 5.41 Å². The van der Waals surface area contributed by atoms with Gasteiger partial charge in [-0.3, -0.25) is 0 Å². The van der Waals surface area contributed by atoms with Gasteiger partial charge in [-0.2, -0.15) is 0 Å². The molecule has 5 heteroatoms. The third-order valence-electron chi connectivity index (χ3n) is 1.55. The summed E-state index contributed by atoms with van der Waals surface area (Å²) in [4.78, 5) is 14.5. The Morgan fingerprint density at radius 1 is 1.64 bits per heavy atom. The van der Waals surface area contributed by atoms with Crippen LogP contribution < -0.4 is 5.32 Å². The quantitative estimate of drug-likeness (QED) is 0.810.